The van der Waals surface area contributed by atoms with Gasteiger partial charge in [-0.15, -0.1) is 0 Å². The van der Waals surface area contributed by atoms with Gasteiger partial charge in [0, 0.05) is 16.0 Å². The lowest BCUT2D eigenvalue weighted by molar-refractivity contribution is 0.117. The van der Waals surface area contributed by atoms with Crippen LogP contribution in [0.1, 0.15) is 0 Å². The lowest BCUT2D eigenvalue weighted by Gasteiger charge is -2.15. The molecule has 0 radical (unpaired) electrons. The molecule has 2 aromatic rings. The molecule has 0 aromatic heterocycles. The van der Waals surface area contributed by atoms with Gasteiger partial charge in [0.25, 0.3) is 0 Å². The predicted molar refractivity (Wildman–Crippen MR) is 90.6 cm³/mol. The van der Waals surface area contributed by atoms with Crippen molar-refractivity contribution in [1.82, 2.24) is 0 Å². The summed E-state index contributed by atoms with van der Waals surface area (Å²) in [7, 11) is 0. The van der Waals surface area contributed by atoms with E-state index in [9.17, 15) is 5.11 Å². The molecule has 0 spiro atoms. The molecule has 0 heterocycles. The third kappa shape index (κ3) is 5.40. The van der Waals surface area contributed by atoms with Crippen LogP contribution in [-0.4, -0.2) is 24.4 Å². The maximum absolute atomic E-state index is 9.91. The lowest BCUT2D eigenvalue weighted by atomic mass is 10.3. The van der Waals surface area contributed by atoms with E-state index in [0.29, 0.717) is 22.3 Å². The molecule has 2 N–H and O–H groups in total. The molecule has 1 unspecified atom stereocenters. The summed E-state index contributed by atoms with van der Waals surface area (Å²) in [6.45, 7) is 0.526. The largest absolute Gasteiger partial charge is 0.491 e. The fraction of sp³-hybridized carbons (Fsp3) is 0.200. The molecule has 21 heavy (non-hydrogen) atoms. The summed E-state index contributed by atoms with van der Waals surface area (Å²) in [6.07, 6.45) is -0.652. The second-order valence-electron chi connectivity index (χ2n) is 4.42. The Morgan fingerprint density at radius 2 is 1.86 bits per heavy atom. The topological polar surface area (TPSA) is 41.5 Å². The zero-order valence-electron chi connectivity index (χ0n) is 11.0. The Balaban J connectivity index is 1.79. The molecule has 0 bridgehead atoms. The first-order chi connectivity index (χ1) is 10.0. The van der Waals surface area contributed by atoms with Crippen LogP contribution in [0.15, 0.2) is 46.9 Å². The number of ether oxygens (including phenoxy) is 1. The Kier molecular flexibility index (Phi) is 6.18. The Morgan fingerprint density at radius 3 is 2.52 bits per heavy atom. The van der Waals surface area contributed by atoms with Crippen LogP contribution in [0.2, 0.25) is 10.0 Å². The van der Waals surface area contributed by atoms with Crippen molar-refractivity contribution < 1.29 is 9.84 Å². The van der Waals surface area contributed by atoms with Crippen LogP contribution in [0.5, 0.6) is 5.75 Å². The molecule has 0 aliphatic rings. The van der Waals surface area contributed by atoms with Crippen LogP contribution in [0.4, 0.5) is 5.69 Å². The number of rotatable bonds is 6. The third-order valence-corrected chi connectivity index (χ3v) is 3.77. The van der Waals surface area contributed by atoms with Gasteiger partial charge in [-0.05, 0) is 42.5 Å². The standard InChI is InChI=1S/C15H14BrCl2NO2/c16-10-1-6-15(14(18)7-10)19-8-12(20)9-21-13-4-2-11(17)3-5-13/h1-7,12,19-20H,8-9H2. The van der Waals surface area contributed by atoms with Crippen molar-refractivity contribution in [3.05, 3.63) is 57.0 Å². The Bertz CT molecular complexity index is 593. The van der Waals surface area contributed by atoms with Crippen molar-refractivity contribution >= 4 is 44.8 Å². The third-order valence-electron chi connectivity index (χ3n) is 2.72. The van der Waals surface area contributed by atoms with Crippen molar-refractivity contribution in [3.63, 3.8) is 0 Å². The molecule has 0 amide bonds. The summed E-state index contributed by atoms with van der Waals surface area (Å²) in [6, 6.07) is 12.5. The maximum Gasteiger partial charge on any atom is 0.119 e. The number of benzene rings is 2. The summed E-state index contributed by atoms with van der Waals surface area (Å²) in [5, 5.41) is 14.2. The van der Waals surface area contributed by atoms with Gasteiger partial charge >= 0.3 is 0 Å². The Labute approximate surface area is 142 Å². The predicted octanol–water partition coefficient (Wildman–Crippen LogP) is 4.61. The maximum atomic E-state index is 9.91. The normalized spacial score (nSPS) is 12.0. The number of nitrogens with one attached hydrogen (secondary N) is 1. The van der Waals surface area contributed by atoms with E-state index in [1.54, 1.807) is 30.3 Å². The number of anilines is 1. The molecule has 2 rings (SSSR count). The van der Waals surface area contributed by atoms with E-state index in [1.807, 2.05) is 12.1 Å². The van der Waals surface area contributed by atoms with E-state index in [1.165, 1.54) is 0 Å². The van der Waals surface area contributed by atoms with Crippen molar-refractivity contribution in [2.24, 2.45) is 0 Å². The van der Waals surface area contributed by atoms with Gasteiger partial charge in [0.15, 0.2) is 0 Å². The summed E-state index contributed by atoms with van der Waals surface area (Å²) >= 11 is 15.2. The van der Waals surface area contributed by atoms with E-state index < -0.39 is 6.10 Å². The van der Waals surface area contributed by atoms with Gasteiger partial charge in [-0.1, -0.05) is 39.1 Å². The first-order valence-corrected chi connectivity index (χ1v) is 7.85. The second-order valence-corrected chi connectivity index (χ2v) is 6.18. The van der Waals surface area contributed by atoms with E-state index in [4.69, 9.17) is 27.9 Å². The minimum absolute atomic E-state index is 0.183. The van der Waals surface area contributed by atoms with Crippen LogP contribution in [0, 0.1) is 0 Å². The lowest BCUT2D eigenvalue weighted by Crippen LogP contribution is -2.26. The van der Waals surface area contributed by atoms with Crippen LogP contribution in [0.25, 0.3) is 0 Å². The molecule has 0 aliphatic carbocycles. The first kappa shape index (κ1) is 16.4. The van der Waals surface area contributed by atoms with E-state index in [2.05, 4.69) is 21.2 Å². The van der Waals surface area contributed by atoms with Crippen LogP contribution >= 0.6 is 39.1 Å². The highest BCUT2D eigenvalue weighted by atomic mass is 79.9. The van der Waals surface area contributed by atoms with Gasteiger partial charge in [-0.3, -0.25) is 0 Å². The zero-order chi connectivity index (χ0) is 15.2. The molecule has 1 atom stereocenters. The van der Waals surface area contributed by atoms with Crippen molar-refractivity contribution in [2.45, 2.75) is 6.10 Å². The van der Waals surface area contributed by atoms with Gasteiger partial charge in [0.2, 0.25) is 0 Å². The fourth-order valence-corrected chi connectivity index (χ4v) is 2.51. The monoisotopic (exact) mass is 389 g/mol. The van der Waals surface area contributed by atoms with Gasteiger partial charge in [-0.25, -0.2) is 0 Å². The molecule has 2 aromatic carbocycles. The highest BCUT2D eigenvalue weighted by molar-refractivity contribution is 9.10. The molecule has 0 aliphatic heterocycles. The quantitative estimate of drug-likeness (QED) is 0.756. The number of aliphatic hydroxyl groups is 1. The smallest absolute Gasteiger partial charge is 0.119 e. The minimum Gasteiger partial charge on any atom is -0.491 e. The molecule has 0 saturated carbocycles. The van der Waals surface area contributed by atoms with Crippen LogP contribution in [0.3, 0.4) is 0 Å². The highest BCUT2D eigenvalue weighted by Gasteiger charge is 2.07. The van der Waals surface area contributed by atoms with Crippen molar-refractivity contribution in [3.8, 4) is 5.75 Å². The molecular weight excluding hydrogens is 377 g/mol. The van der Waals surface area contributed by atoms with E-state index >= 15 is 0 Å². The summed E-state index contributed by atoms with van der Waals surface area (Å²) in [5.74, 6) is 0.667. The number of hydrogen-bond acceptors (Lipinski definition) is 3. The summed E-state index contributed by atoms with van der Waals surface area (Å²) in [4.78, 5) is 0. The average Bonchev–Trinajstić information content (AvgIpc) is 2.46. The number of aliphatic hydroxyl groups excluding tert-OH is 1. The van der Waals surface area contributed by atoms with Gasteiger partial charge < -0.3 is 15.2 Å². The highest BCUT2D eigenvalue weighted by Crippen LogP contribution is 2.25. The first-order valence-electron chi connectivity index (χ1n) is 6.30. The summed E-state index contributed by atoms with van der Waals surface area (Å²) < 4.78 is 6.38. The van der Waals surface area contributed by atoms with Crippen molar-refractivity contribution in [2.75, 3.05) is 18.5 Å². The minimum atomic E-state index is -0.652. The van der Waals surface area contributed by atoms with Gasteiger partial charge in [0.1, 0.15) is 18.5 Å². The molecule has 0 fully saturated rings. The molecule has 112 valence electrons. The number of hydrogen-bond donors (Lipinski definition) is 2. The second kappa shape index (κ2) is 7.90. The molecule has 6 heteroatoms. The Hall–Kier alpha value is -0.940. The van der Waals surface area contributed by atoms with Gasteiger partial charge in [0.05, 0.1) is 10.7 Å². The summed E-state index contributed by atoms with van der Waals surface area (Å²) in [5.41, 5.74) is 0.769. The van der Waals surface area contributed by atoms with Crippen LogP contribution in [-0.2, 0) is 0 Å². The zero-order valence-corrected chi connectivity index (χ0v) is 14.1. The molecule has 3 nitrogen and oxygen atoms in total. The van der Waals surface area contributed by atoms with Crippen LogP contribution < -0.4 is 10.1 Å². The van der Waals surface area contributed by atoms with E-state index in [-0.39, 0.29) is 6.61 Å². The SMILES string of the molecule is OC(CNc1ccc(Br)cc1Cl)COc1ccc(Cl)cc1. The fourth-order valence-electron chi connectivity index (χ4n) is 1.64. The molecular formula is C15H14BrCl2NO2. The number of halogens is 3. The van der Waals surface area contributed by atoms with Gasteiger partial charge in [-0.2, -0.15) is 0 Å². The van der Waals surface area contributed by atoms with Crippen molar-refractivity contribution in [1.29, 1.82) is 0 Å². The van der Waals surface area contributed by atoms with E-state index in [0.717, 1.165) is 10.2 Å². The molecule has 0 saturated heterocycles. The average molecular weight is 391 g/mol. The Morgan fingerprint density at radius 1 is 1.14 bits per heavy atom.